The van der Waals surface area contributed by atoms with Gasteiger partial charge in [0.15, 0.2) is 0 Å². The highest BCUT2D eigenvalue weighted by molar-refractivity contribution is 9.11. The van der Waals surface area contributed by atoms with Crippen molar-refractivity contribution in [2.45, 2.75) is 12.8 Å². The van der Waals surface area contributed by atoms with Gasteiger partial charge in [0, 0.05) is 31.1 Å². The van der Waals surface area contributed by atoms with Crippen LogP contribution in [0, 0.1) is 11.8 Å². The molecule has 1 N–H and O–H groups in total. The molecule has 2 fully saturated rings. The third kappa shape index (κ3) is 2.99. The SMILES string of the molecule is CC(C(=O)N1C[C@H]2CNC[C@H]2C1)c1ccc(Br)s1.Cl. The van der Waals surface area contributed by atoms with Crippen LogP contribution in [0.15, 0.2) is 15.9 Å². The minimum absolute atomic E-state index is 0. The van der Waals surface area contributed by atoms with Crippen molar-refractivity contribution in [3.8, 4) is 0 Å². The normalized spacial score (nSPS) is 26.9. The highest BCUT2D eigenvalue weighted by Crippen LogP contribution is 2.32. The van der Waals surface area contributed by atoms with Crippen molar-refractivity contribution in [3.63, 3.8) is 0 Å². The molecule has 3 atom stereocenters. The first-order valence-electron chi connectivity index (χ1n) is 6.40. The minimum atomic E-state index is -0.00640. The number of carbonyl (C=O) groups is 1. The summed E-state index contributed by atoms with van der Waals surface area (Å²) in [5.41, 5.74) is 0. The molecule has 1 unspecified atom stereocenters. The fourth-order valence-corrected chi connectivity index (χ4v) is 4.46. The van der Waals surface area contributed by atoms with Crippen LogP contribution >= 0.6 is 39.7 Å². The van der Waals surface area contributed by atoms with Crippen LogP contribution in [0.4, 0.5) is 0 Å². The second kappa shape index (κ2) is 6.12. The molecule has 6 heteroatoms. The van der Waals surface area contributed by atoms with Crippen LogP contribution in [0.3, 0.4) is 0 Å². The smallest absolute Gasteiger partial charge is 0.230 e. The van der Waals surface area contributed by atoms with Gasteiger partial charge in [-0.2, -0.15) is 0 Å². The lowest BCUT2D eigenvalue weighted by Crippen LogP contribution is -2.34. The predicted octanol–water partition coefficient (Wildman–Crippen LogP) is 2.71. The molecule has 2 saturated heterocycles. The summed E-state index contributed by atoms with van der Waals surface area (Å²) in [5, 5.41) is 3.41. The van der Waals surface area contributed by atoms with Crippen molar-refractivity contribution < 1.29 is 4.79 Å². The summed E-state index contributed by atoms with van der Waals surface area (Å²) >= 11 is 5.12. The summed E-state index contributed by atoms with van der Waals surface area (Å²) < 4.78 is 1.10. The summed E-state index contributed by atoms with van der Waals surface area (Å²) in [6.45, 7) is 6.05. The first-order valence-corrected chi connectivity index (χ1v) is 8.01. The third-order valence-corrected chi connectivity index (χ3v) is 5.90. The fourth-order valence-electron chi connectivity index (χ4n) is 2.99. The Labute approximate surface area is 132 Å². The van der Waals surface area contributed by atoms with Gasteiger partial charge in [-0.25, -0.2) is 0 Å². The van der Waals surface area contributed by atoms with Crippen molar-refractivity contribution in [1.29, 1.82) is 0 Å². The molecule has 19 heavy (non-hydrogen) atoms. The highest BCUT2D eigenvalue weighted by Gasteiger charge is 2.39. The van der Waals surface area contributed by atoms with E-state index in [1.807, 2.05) is 13.0 Å². The first-order chi connectivity index (χ1) is 8.65. The van der Waals surface area contributed by atoms with Gasteiger partial charge in [-0.05, 0) is 46.8 Å². The van der Waals surface area contributed by atoms with Gasteiger partial charge in [-0.3, -0.25) is 4.79 Å². The number of nitrogens with zero attached hydrogens (tertiary/aromatic N) is 1. The van der Waals surface area contributed by atoms with Gasteiger partial charge in [-0.1, -0.05) is 0 Å². The Morgan fingerprint density at radius 1 is 1.42 bits per heavy atom. The molecule has 106 valence electrons. The Kier molecular flexibility index (Phi) is 4.93. The standard InChI is InChI=1S/C13H17BrN2OS.ClH/c1-8(11-2-3-12(14)18-11)13(17)16-6-9-4-15-5-10(9)7-16;/h2-3,8-10,15H,4-7H2,1H3;1H/t8?,9-,10+;. The van der Waals surface area contributed by atoms with Crippen molar-refractivity contribution in [1.82, 2.24) is 10.2 Å². The Morgan fingerprint density at radius 2 is 2.05 bits per heavy atom. The minimum Gasteiger partial charge on any atom is -0.341 e. The van der Waals surface area contributed by atoms with E-state index in [0.717, 1.165) is 34.8 Å². The highest BCUT2D eigenvalue weighted by atomic mass is 79.9. The van der Waals surface area contributed by atoms with E-state index in [9.17, 15) is 4.79 Å². The molecule has 0 aliphatic carbocycles. The van der Waals surface area contributed by atoms with E-state index in [-0.39, 0.29) is 18.3 Å². The molecule has 0 radical (unpaired) electrons. The van der Waals surface area contributed by atoms with Crippen molar-refractivity contribution >= 4 is 45.6 Å². The zero-order valence-corrected chi connectivity index (χ0v) is 14.0. The van der Waals surface area contributed by atoms with E-state index in [1.165, 1.54) is 0 Å². The van der Waals surface area contributed by atoms with Crippen LogP contribution in [-0.4, -0.2) is 37.0 Å². The van der Waals surface area contributed by atoms with Crippen LogP contribution in [0.25, 0.3) is 0 Å². The van der Waals surface area contributed by atoms with E-state index >= 15 is 0 Å². The van der Waals surface area contributed by atoms with Crippen molar-refractivity contribution in [3.05, 3.63) is 20.8 Å². The lowest BCUT2D eigenvalue weighted by atomic mass is 10.0. The van der Waals surface area contributed by atoms with Gasteiger partial charge in [-0.15, -0.1) is 23.7 Å². The van der Waals surface area contributed by atoms with E-state index in [1.54, 1.807) is 11.3 Å². The van der Waals surface area contributed by atoms with Gasteiger partial charge in [0.05, 0.1) is 9.70 Å². The van der Waals surface area contributed by atoms with E-state index in [0.29, 0.717) is 17.7 Å². The molecule has 3 nitrogen and oxygen atoms in total. The number of carbonyl (C=O) groups excluding carboxylic acids is 1. The van der Waals surface area contributed by atoms with E-state index in [4.69, 9.17) is 0 Å². The molecule has 1 aromatic heterocycles. The Bertz CT molecular complexity index is 455. The summed E-state index contributed by atoms with van der Waals surface area (Å²) in [6.07, 6.45) is 0. The van der Waals surface area contributed by atoms with Crippen LogP contribution in [-0.2, 0) is 4.79 Å². The molecule has 0 saturated carbocycles. The number of likely N-dealkylation sites (tertiary alicyclic amines) is 1. The summed E-state index contributed by atoms with van der Waals surface area (Å²) in [7, 11) is 0. The topological polar surface area (TPSA) is 32.3 Å². The van der Waals surface area contributed by atoms with Crippen LogP contribution < -0.4 is 5.32 Å². The van der Waals surface area contributed by atoms with Gasteiger partial charge in [0.25, 0.3) is 0 Å². The van der Waals surface area contributed by atoms with Crippen LogP contribution in [0.2, 0.25) is 0 Å². The van der Waals surface area contributed by atoms with Gasteiger partial charge in [0.1, 0.15) is 0 Å². The lowest BCUT2D eigenvalue weighted by molar-refractivity contribution is -0.131. The van der Waals surface area contributed by atoms with E-state index in [2.05, 4.69) is 32.2 Å². The van der Waals surface area contributed by atoms with Crippen molar-refractivity contribution in [2.75, 3.05) is 26.2 Å². The zero-order valence-electron chi connectivity index (χ0n) is 10.8. The average molecular weight is 366 g/mol. The van der Waals surface area contributed by atoms with E-state index < -0.39 is 0 Å². The van der Waals surface area contributed by atoms with Gasteiger partial charge < -0.3 is 10.2 Å². The molecule has 2 aliphatic rings. The average Bonchev–Trinajstić information content (AvgIpc) is 3.00. The largest absolute Gasteiger partial charge is 0.341 e. The number of amides is 1. The zero-order chi connectivity index (χ0) is 12.7. The monoisotopic (exact) mass is 364 g/mol. The molecule has 3 heterocycles. The molecule has 2 aliphatic heterocycles. The molecular weight excluding hydrogens is 348 g/mol. The molecule has 0 spiro atoms. The molecule has 0 bridgehead atoms. The predicted molar refractivity (Wildman–Crippen MR) is 84.1 cm³/mol. The Hall–Kier alpha value is -0.100. The maximum Gasteiger partial charge on any atom is 0.230 e. The Morgan fingerprint density at radius 3 is 2.58 bits per heavy atom. The van der Waals surface area contributed by atoms with Crippen molar-refractivity contribution in [2.24, 2.45) is 11.8 Å². The third-order valence-electron chi connectivity index (χ3n) is 4.09. The summed E-state index contributed by atoms with van der Waals surface area (Å²) in [4.78, 5) is 15.7. The number of rotatable bonds is 2. The number of fused-ring (bicyclic) bond motifs is 1. The lowest BCUT2D eigenvalue weighted by Gasteiger charge is -2.21. The number of hydrogen-bond acceptors (Lipinski definition) is 3. The quantitative estimate of drug-likeness (QED) is 0.874. The first kappa shape index (κ1) is 15.3. The van der Waals surface area contributed by atoms with Gasteiger partial charge >= 0.3 is 0 Å². The molecule has 1 amide bonds. The maximum atomic E-state index is 12.5. The second-order valence-corrected chi connectivity index (χ2v) is 7.78. The fraction of sp³-hybridized carbons (Fsp3) is 0.615. The Balaban J connectivity index is 0.00000133. The summed E-state index contributed by atoms with van der Waals surface area (Å²) in [5.74, 6) is 1.64. The number of halogens is 2. The number of thiophene rings is 1. The van der Waals surface area contributed by atoms with Crippen LogP contribution in [0.5, 0.6) is 0 Å². The number of hydrogen-bond donors (Lipinski definition) is 1. The summed E-state index contributed by atoms with van der Waals surface area (Å²) in [6, 6.07) is 4.07. The van der Waals surface area contributed by atoms with Gasteiger partial charge in [0.2, 0.25) is 5.91 Å². The number of nitrogens with one attached hydrogen (secondary N) is 1. The second-order valence-electron chi connectivity index (χ2n) is 5.29. The molecule has 0 aromatic carbocycles. The molecule has 1 aromatic rings. The maximum absolute atomic E-state index is 12.5. The van der Waals surface area contributed by atoms with Crippen LogP contribution in [0.1, 0.15) is 17.7 Å². The molecular formula is C13H18BrClN2OS. The molecule has 3 rings (SSSR count).